The van der Waals surface area contributed by atoms with E-state index in [1.807, 2.05) is 0 Å². The molecule has 0 aliphatic carbocycles. The van der Waals surface area contributed by atoms with Crippen molar-refractivity contribution in [3.63, 3.8) is 0 Å². The molecule has 45 heavy (non-hydrogen) atoms. The molecule has 10 rings (SSSR count). The molecule has 0 bridgehead atoms. The molecule has 0 saturated carbocycles. The van der Waals surface area contributed by atoms with Crippen LogP contribution in [-0.2, 0) is 0 Å². The van der Waals surface area contributed by atoms with Gasteiger partial charge in [0.15, 0.2) is 0 Å². The third kappa shape index (κ3) is 3.50. The quantitative estimate of drug-likeness (QED) is 0.152. The van der Waals surface area contributed by atoms with Crippen molar-refractivity contribution in [2.45, 2.75) is 0 Å². The highest BCUT2D eigenvalue weighted by Crippen LogP contribution is 2.48. The summed E-state index contributed by atoms with van der Waals surface area (Å²) in [7, 11) is 0. The fourth-order valence-corrected chi connectivity index (χ4v) is 7.68. The molecule has 0 atom stereocenters. The van der Waals surface area contributed by atoms with E-state index in [2.05, 4.69) is 158 Å². The molecule has 0 spiro atoms. The summed E-state index contributed by atoms with van der Waals surface area (Å²) in [6.07, 6.45) is 0. The highest BCUT2D eigenvalue weighted by molar-refractivity contribution is 6.30. The van der Waals surface area contributed by atoms with Crippen molar-refractivity contribution >= 4 is 65.0 Å². The Bertz CT molecular complexity index is 2690. The van der Waals surface area contributed by atoms with Gasteiger partial charge in [-0.1, -0.05) is 133 Å². The van der Waals surface area contributed by atoms with Gasteiger partial charge >= 0.3 is 0 Å². The van der Waals surface area contributed by atoms with Crippen LogP contribution in [0, 0.1) is 0 Å². The van der Waals surface area contributed by atoms with Crippen molar-refractivity contribution in [3.05, 3.63) is 158 Å². The number of furan rings is 1. The molecule has 0 unspecified atom stereocenters. The molecule has 0 aliphatic rings. The Morgan fingerprint density at radius 2 is 0.844 bits per heavy atom. The maximum Gasteiger partial charge on any atom is 0.136 e. The minimum Gasteiger partial charge on any atom is -0.456 e. The number of rotatable bonds is 3. The topological polar surface area (TPSA) is 13.1 Å². The predicted octanol–water partition coefficient (Wildman–Crippen LogP) is 12.6. The molecule has 9 aromatic carbocycles. The lowest BCUT2D eigenvalue weighted by Gasteiger charge is -2.19. The minimum atomic E-state index is 0.930. The first-order valence-electron chi connectivity index (χ1n) is 15.5. The molecule has 0 fully saturated rings. The third-order valence-corrected chi connectivity index (χ3v) is 9.62. The van der Waals surface area contributed by atoms with E-state index in [0.717, 1.165) is 11.2 Å². The van der Waals surface area contributed by atoms with E-state index in [1.165, 1.54) is 87.2 Å². The molecule has 0 N–H and O–H groups in total. The molecule has 1 aromatic heterocycles. The fourth-order valence-electron chi connectivity index (χ4n) is 7.68. The Morgan fingerprint density at radius 1 is 0.311 bits per heavy atom. The fraction of sp³-hybridized carbons (Fsp3) is 0. The summed E-state index contributed by atoms with van der Waals surface area (Å²) < 4.78 is 6.52. The van der Waals surface area contributed by atoms with E-state index in [9.17, 15) is 0 Å². The van der Waals surface area contributed by atoms with E-state index in [-0.39, 0.29) is 0 Å². The molecule has 0 aliphatic heterocycles. The molecule has 1 nitrogen and oxygen atoms in total. The largest absolute Gasteiger partial charge is 0.456 e. The SMILES string of the molecule is c1ccc(-c2c3ccccc3c(-c3ccc4oc5ccc(-c6ccc7ccccc7c6)c6ccc3c4c56)c3ccccc23)cc1. The van der Waals surface area contributed by atoms with Crippen LogP contribution in [0.3, 0.4) is 0 Å². The van der Waals surface area contributed by atoms with Gasteiger partial charge in [0, 0.05) is 10.8 Å². The maximum absolute atomic E-state index is 6.52. The van der Waals surface area contributed by atoms with Crippen molar-refractivity contribution in [3.8, 4) is 33.4 Å². The lowest BCUT2D eigenvalue weighted by molar-refractivity contribution is 0.669. The third-order valence-electron chi connectivity index (χ3n) is 9.62. The van der Waals surface area contributed by atoms with Crippen LogP contribution in [0.1, 0.15) is 0 Å². The highest BCUT2D eigenvalue weighted by atomic mass is 16.3. The second kappa shape index (κ2) is 9.29. The second-order valence-corrected chi connectivity index (χ2v) is 12.0. The summed E-state index contributed by atoms with van der Waals surface area (Å²) in [5, 5.41) is 12.4. The summed E-state index contributed by atoms with van der Waals surface area (Å²) in [6.45, 7) is 0. The Labute approximate surface area is 259 Å². The van der Waals surface area contributed by atoms with E-state index in [1.54, 1.807) is 0 Å². The van der Waals surface area contributed by atoms with Gasteiger partial charge in [-0.3, -0.25) is 0 Å². The van der Waals surface area contributed by atoms with Gasteiger partial charge in [-0.25, -0.2) is 0 Å². The van der Waals surface area contributed by atoms with Gasteiger partial charge in [0.25, 0.3) is 0 Å². The first kappa shape index (κ1) is 24.5. The van der Waals surface area contributed by atoms with Gasteiger partial charge < -0.3 is 4.42 Å². The van der Waals surface area contributed by atoms with Crippen molar-refractivity contribution in [2.75, 3.05) is 0 Å². The van der Waals surface area contributed by atoms with Crippen molar-refractivity contribution in [1.82, 2.24) is 0 Å². The van der Waals surface area contributed by atoms with E-state index < -0.39 is 0 Å². The van der Waals surface area contributed by atoms with E-state index >= 15 is 0 Å². The van der Waals surface area contributed by atoms with Crippen molar-refractivity contribution in [2.24, 2.45) is 0 Å². The van der Waals surface area contributed by atoms with Crippen LogP contribution in [0.2, 0.25) is 0 Å². The molecule has 0 saturated heterocycles. The maximum atomic E-state index is 6.52. The molecule has 208 valence electrons. The first-order chi connectivity index (χ1) is 22.3. The summed E-state index contributed by atoms with van der Waals surface area (Å²) in [4.78, 5) is 0. The number of fused-ring (bicyclic) bond motifs is 3. The van der Waals surface area contributed by atoms with Gasteiger partial charge in [0.05, 0.1) is 0 Å². The van der Waals surface area contributed by atoms with Crippen molar-refractivity contribution < 1.29 is 4.42 Å². The lowest BCUT2D eigenvalue weighted by Crippen LogP contribution is -1.91. The van der Waals surface area contributed by atoms with Crippen molar-refractivity contribution in [1.29, 1.82) is 0 Å². The zero-order chi connectivity index (χ0) is 29.5. The molecular formula is C44H26O. The Morgan fingerprint density at radius 3 is 1.51 bits per heavy atom. The van der Waals surface area contributed by atoms with Gasteiger partial charge in [-0.15, -0.1) is 0 Å². The summed E-state index contributed by atoms with van der Waals surface area (Å²) in [6, 6.07) is 57.3. The average Bonchev–Trinajstić information content (AvgIpc) is 3.49. The number of hydrogen-bond acceptors (Lipinski definition) is 1. The molecule has 10 aromatic rings. The zero-order valence-electron chi connectivity index (χ0n) is 24.4. The van der Waals surface area contributed by atoms with Crippen LogP contribution in [0.4, 0.5) is 0 Å². The van der Waals surface area contributed by atoms with Gasteiger partial charge in [-0.2, -0.15) is 0 Å². The average molecular weight is 571 g/mol. The molecular weight excluding hydrogens is 544 g/mol. The second-order valence-electron chi connectivity index (χ2n) is 12.0. The van der Waals surface area contributed by atoms with Gasteiger partial charge in [-0.05, 0) is 101 Å². The Kier molecular flexibility index (Phi) is 5.06. The molecule has 0 amide bonds. The van der Waals surface area contributed by atoms with Gasteiger partial charge in [0.1, 0.15) is 11.2 Å². The summed E-state index contributed by atoms with van der Waals surface area (Å²) >= 11 is 0. The number of benzene rings is 9. The van der Waals surface area contributed by atoms with Crippen LogP contribution in [0.5, 0.6) is 0 Å². The van der Waals surface area contributed by atoms with Gasteiger partial charge in [0.2, 0.25) is 0 Å². The Balaban J connectivity index is 1.29. The van der Waals surface area contributed by atoms with Crippen LogP contribution < -0.4 is 0 Å². The lowest BCUT2D eigenvalue weighted by atomic mass is 9.84. The Hall–Kier alpha value is -5.92. The van der Waals surface area contributed by atoms with Crippen LogP contribution >= 0.6 is 0 Å². The molecule has 0 radical (unpaired) electrons. The highest BCUT2D eigenvalue weighted by Gasteiger charge is 2.22. The predicted molar refractivity (Wildman–Crippen MR) is 191 cm³/mol. The summed E-state index contributed by atoms with van der Waals surface area (Å²) in [5.41, 5.74) is 9.33. The monoisotopic (exact) mass is 570 g/mol. The standard InChI is InChI=1S/C44H26O/c1-2-11-28(12-3-1)41-32-14-6-8-16-34(32)42(35-17-9-7-15-33(35)41)37-23-25-40-44-38(37)21-20-36-31(22-24-39(45-40)43(36)44)30-19-18-27-10-4-5-13-29(27)26-30/h1-26H. The van der Waals surface area contributed by atoms with Crippen LogP contribution in [-0.4, -0.2) is 0 Å². The molecule has 1 heteroatoms. The molecule has 1 heterocycles. The smallest absolute Gasteiger partial charge is 0.136 e. The number of hydrogen-bond donors (Lipinski definition) is 0. The zero-order valence-corrected chi connectivity index (χ0v) is 24.4. The minimum absolute atomic E-state index is 0.930. The van der Waals surface area contributed by atoms with Crippen LogP contribution in [0.25, 0.3) is 98.4 Å². The van der Waals surface area contributed by atoms with E-state index in [0.29, 0.717) is 0 Å². The first-order valence-corrected chi connectivity index (χ1v) is 15.5. The summed E-state index contributed by atoms with van der Waals surface area (Å²) in [5.74, 6) is 0. The van der Waals surface area contributed by atoms with Crippen LogP contribution in [0.15, 0.2) is 162 Å². The van der Waals surface area contributed by atoms with E-state index in [4.69, 9.17) is 4.42 Å². The normalized spacial score (nSPS) is 12.0.